The number of hydrogen-bond acceptors (Lipinski definition) is 7. The molecule has 2 aromatic rings. The van der Waals surface area contributed by atoms with Gasteiger partial charge in [0, 0.05) is 6.04 Å². The second-order valence-electron chi connectivity index (χ2n) is 6.39. The van der Waals surface area contributed by atoms with Crippen molar-refractivity contribution in [3.63, 3.8) is 0 Å². The van der Waals surface area contributed by atoms with Crippen LogP contribution in [0.2, 0.25) is 0 Å². The summed E-state index contributed by atoms with van der Waals surface area (Å²) >= 11 is 0. The van der Waals surface area contributed by atoms with Gasteiger partial charge in [-0.15, -0.1) is 6.42 Å². The van der Waals surface area contributed by atoms with E-state index < -0.39 is 30.7 Å². The zero-order chi connectivity index (χ0) is 17.6. The van der Waals surface area contributed by atoms with Crippen molar-refractivity contribution in [3.05, 3.63) is 12.7 Å². The average Bonchev–Trinajstić information content (AvgIpc) is 3.28. The summed E-state index contributed by atoms with van der Waals surface area (Å²) < 4.78 is 20.4. The molecule has 2 unspecified atom stereocenters. The first-order chi connectivity index (χ1) is 12.1. The van der Waals surface area contributed by atoms with Gasteiger partial charge < -0.3 is 20.3 Å². The Kier molecular flexibility index (Phi) is 4.03. The standard InChI is InChI=1S/C16H18FN5O3/c1-2-10-12(23)13(24)16(25-10)22-7-20-11-14(18-6-19-15(11)22)21-9-4-3-8(17)5-9/h1,6-10,12-13,16,23-24H,3-5H2,(H,18,19,21)/t8?,9?,10-,12-,13-,16-/m1/s1. The molecule has 0 aromatic carbocycles. The van der Waals surface area contributed by atoms with E-state index in [0.717, 1.165) is 6.42 Å². The molecule has 3 N–H and O–H groups in total. The summed E-state index contributed by atoms with van der Waals surface area (Å²) in [5.74, 6) is 2.81. The van der Waals surface area contributed by atoms with Crippen molar-refractivity contribution >= 4 is 17.0 Å². The maximum absolute atomic E-state index is 13.4. The molecular formula is C16H18FN5O3. The lowest BCUT2D eigenvalue weighted by Gasteiger charge is -2.16. The molecule has 1 aliphatic heterocycles. The highest BCUT2D eigenvalue weighted by atomic mass is 19.1. The summed E-state index contributed by atoms with van der Waals surface area (Å²) in [7, 11) is 0. The van der Waals surface area contributed by atoms with Crippen molar-refractivity contribution in [2.45, 2.75) is 56.0 Å². The van der Waals surface area contributed by atoms with Gasteiger partial charge in [0.15, 0.2) is 23.2 Å². The molecule has 0 amide bonds. The molecule has 25 heavy (non-hydrogen) atoms. The van der Waals surface area contributed by atoms with Crippen LogP contribution in [0.4, 0.5) is 10.2 Å². The summed E-state index contributed by atoms with van der Waals surface area (Å²) in [5.41, 5.74) is 0.917. The smallest absolute Gasteiger partial charge is 0.167 e. The van der Waals surface area contributed by atoms with Gasteiger partial charge in [-0.1, -0.05) is 5.92 Å². The Hall–Kier alpha value is -2.28. The predicted octanol–water partition coefficient (Wildman–Crippen LogP) is 0.381. The topological polar surface area (TPSA) is 105 Å². The van der Waals surface area contributed by atoms with Crippen molar-refractivity contribution in [3.8, 4) is 12.3 Å². The first-order valence-corrected chi connectivity index (χ1v) is 8.14. The number of nitrogens with zero attached hydrogens (tertiary/aromatic N) is 4. The Morgan fingerprint density at radius 3 is 2.80 bits per heavy atom. The fourth-order valence-electron chi connectivity index (χ4n) is 3.42. The number of imidazole rings is 1. The van der Waals surface area contributed by atoms with Crippen LogP contribution >= 0.6 is 0 Å². The molecule has 2 aliphatic rings. The first-order valence-electron chi connectivity index (χ1n) is 8.14. The molecule has 3 heterocycles. The molecule has 0 bridgehead atoms. The minimum atomic E-state index is -1.20. The number of aromatic nitrogens is 4. The van der Waals surface area contributed by atoms with E-state index in [2.05, 4.69) is 26.2 Å². The summed E-state index contributed by atoms with van der Waals surface area (Å²) in [4.78, 5) is 12.7. The number of alkyl halides is 1. The number of aliphatic hydroxyl groups excluding tert-OH is 2. The molecule has 6 atom stereocenters. The van der Waals surface area contributed by atoms with Crippen LogP contribution in [0.3, 0.4) is 0 Å². The molecular weight excluding hydrogens is 329 g/mol. The molecule has 4 rings (SSSR count). The third-order valence-corrected chi connectivity index (χ3v) is 4.74. The van der Waals surface area contributed by atoms with Crippen molar-refractivity contribution in [2.24, 2.45) is 0 Å². The van der Waals surface area contributed by atoms with Crippen LogP contribution < -0.4 is 5.32 Å². The number of hydrogen-bond donors (Lipinski definition) is 3. The van der Waals surface area contributed by atoms with Gasteiger partial charge >= 0.3 is 0 Å². The van der Waals surface area contributed by atoms with Crippen LogP contribution in [0, 0.1) is 12.3 Å². The number of nitrogens with one attached hydrogen (secondary N) is 1. The van der Waals surface area contributed by atoms with Crippen LogP contribution in [0.1, 0.15) is 25.5 Å². The summed E-state index contributed by atoms with van der Waals surface area (Å²) in [5, 5.41) is 23.3. The largest absolute Gasteiger partial charge is 0.386 e. The van der Waals surface area contributed by atoms with Crippen LogP contribution in [0.5, 0.6) is 0 Å². The molecule has 9 heteroatoms. The number of halogens is 1. The first kappa shape index (κ1) is 16.2. The van der Waals surface area contributed by atoms with E-state index >= 15 is 0 Å². The van der Waals surface area contributed by atoms with Crippen LogP contribution in [0.15, 0.2) is 12.7 Å². The Morgan fingerprint density at radius 2 is 2.12 bits per heavy atom. The van der Waals surface area contributed by atoms with Gasteiger partial charge in [0.1, 0.15) is 30.8 Å². The van der Waals surface area contributed by atoms with Crippen molar-refractivity contribution in [1.82, 2.24) is 19.5 Å². The quantitative estimate of drug-likeness (QED) is 0.690. The average molecular weight is 347 g/mol. The molecule has 8 nitrogen and oxygen atoms in total. The maximum atomic E-state index is 13.4. The summed E-state index contributed by atoms with van der Waals surface area (Å²) in [6.07, 6.45) is 4.84. The SMILES string of the molecule is C#C[C@H]1O[C@@H](n2cnc3c(NC4CCC(F)C4)ncnc32)[C@H](O)[C@@H]1O. The fraction of sp³-hybridized carbons (Fsp3) is 0.562. The highest BCUT2D eigenvalue weighted by Crippen LogP contribution is 2.32. The highest BCUT2D eigenvalue weighted by Gasteiger charge is 2.43. The monoisotopic (exact) mass is 347 g/mol. The molecule has 132 valence electrons. The van der Waals surface area contributed by atoms with Gasteiger partial charge in [-0.2, -0.15) is 0 Å². The molecule has 1 aliphatic carbocycles. The Labute approximate surface area is 143 Å². The zero-order valence-corrected chi connectivity index (χ0v) is 13.3. The maximum Gasteiger partial charge on any atom is 0.167 e. The Bertz CT molecular complexity index is 822. The van der Waals surface area contributed by atoms with Gasteiger partial charge in [-0.25, -0.2) is 19.3 Å². The van der Waals surface area contributed by atoms with Crippen molar-refractivity contribution in [1.29, 1.82) is 0 Å². The van der Waals surface area contributed by atoms with Crippen molar-refractivity contribution in [2.75, 3.05) is 5.32 Å². The summed E-state index contributed by atoms with van der Waals surface area (Å²) in [6.45, 7) is 0. The van der Waals surface area contributed by atoms with E-state index in [1.165, 1.54) is 17.2 Å². The molecule has 0 spiro atoms. The van der Waals surface area contributed by atoms with Gasteiger partial charge in [-0.05, 0) is 19.3 Å². The lowest BCUT2D eigenvalue weighted by atomic mass is 10.1. The highest BCUT2D eigenvalue weighted by molar-refractivity contribution is 5.82. The molecule has 1 saturated heterocycles. The molecule has 1 saturated carbocycles. The minimum absolute atomic E-state index is 0.000728. The van der Waals surface area contributed by atoms with Gasteiger partial charge in [0.2, 0.25) is 0 Å². The summed E-state index contributed by atoms with van der Waals surface area (Å²) in [6, 6.07) is -0.000728. The minimum Gasteiger partial charge on any atom is -0.386 e. The van der Waals surface area contributed by atoms with E-state index in [4.69, 9.17) is 11.2 Å². The van der Waals surface area contributed by atoms with Crippen LogP contribution in [-0.2, 0) is 4.74 Å². The zero-order valence-electron chi connectivity index (χ0n) is 13.3. The number of aliphatic hydroxyl groups is 2. The second-order valence-corrected chi connectivity index (χ2v) is 6.39. The van der Waals surface area contributed by atoms with E-state index in [-0.39, 0.29) is 6.04 Å². The number of rotatable bonds is 3. The Morgan fingerprint density at radius 1 is 1.28 bits per heavy atom. The molecule has 0 radical (unpaired) electrons. The Balaban J connectivity index is 1.64. The molecule has 2 aromatic heterocycles. The predicted molar refractivity (Wildman–Crippen MR) is 86.2 cm³/mol. The van der Waals surface area contributed by atoms with Crippen LogP contribution in [0.25, 0.3) is 11.2 Å². The van der Waals surface area contributed by atoms with Gasteiger partial charge in [0.25, 0.3) is 0 Å². The third-order valence-electron chi connectivity index (χ3n) is 4.74. The van der Waals surface area contributed by atoms with Crippen LogP contribution in [-0.4, -0.2) is 60.3 Å². The number of fused-ring (bicyclic) bond motifs is 1. The van der Waals surface area contributed by atoms with E-state index in [1.54, 1.807) is 0 Å². The van der Waals surface area contributed by atoms with Gasteiger partial charge in [0.05, 0.1) is 6.33 Å². The lowest BCUT2D eigenvalue weighted by molar-refractivity contribution is -0.0230. The third kappa shape index (κ3) is 2.72. The number of terminal acetylenes is 1. The van der Waals surface area contributed by atoms with E-state index in [9.17, 15) is 14.6 Å². The number of ether oxygens (including phenoxy) is 1. The molecule has 2 fully saturated rings. The second kappa shape index (κ2) is 6.22. The van der Waals surface area contributed by atoms with E-state index in [0.29, 0.717) is 29.8 Å². The fourth-order valence-corrected chi connectivity index (χ4v) is 3.42. The normalized spacial score (nSPS) is 35.1. The van der Waals surface area contributed by atoms with Crippen molar-refractivity contribution < 1.29 is 19.3 Å². The van der Waals surface area contributed by atoms with E-state index in [1.807, 2.05) is 0 Å². The van der Waals surface area contributed by atoms with Gasteiger partial charge in [-0.3, -0.25) is 4.57 Å². The lowest BCUT2D eigenvalue weighted by Crippen LogP contribution is -2.30. The number of anilines is 1.